The minimum atomic E-state index is -0.0525. The topological polar surface area (TPSA) is 82.6 Å². The highest BCUT2D eigenvalue weighted by Gasteiger charge is 2.23. The molecule has 0 aromatic carbocycles. The molecule has 1 unspecified atom stereocenters. The van der Waals surface area contributed by atoms with Crippen molar-refractivity contribution in [1.29, 1.82) is 0 Å². The molecule has 0 saturated carbocycles. The van der Waals surface area contributed by atoms with Crippen molar-refractivity contribution < 1.29 is 9.47 Å². The van der Waals surface area contributed by atoms with Crippen molar-refractivity contribution in [3.8, 4) is 5.88 Å². The van der Waals surface area contributed by atoms with Gasteiger partial charge in [-0.3, -0.25) is 9.58 Å². The molecule has 1 aliphatic rings. The van der Waals surface area contributed by atoms with Gasteiger partial charge in [0.1, 0.15) is 12.7 Å². The molecular formula is C17H22ClN7O2S. The molecule has 150 valence electrons. The summed E-state index contributed by atoms with van der Waals surface area (Å²) < 4.78 is 15.3. The molecule has 28 heavy (non-hydrogen) atoms. The van der Waals surface area contributed by atoms with Crippen LogP contribution >= 0.6 is 23.4 Å². The summed E-state index contributed by atoms with van der Waals surface area (Å²) in [5, 5.41) is 10.2. The maximum absolute atomic E-state index is 6.24. The van der Waals surface area contributed by atoms with Gasteiger partial charge in [-0.15, -0.1) is 5.10 Å². The Hall–Kier alpha value is -1.88. The number of aryl methyl sites for hydroxylation is 2. The molecule has 3 aromatic heterocycles. The molecule has 4 rings (SSSR count). The van der Waals surface area contributed by atoms with Crippen molar-refractivity contribution in [2.75, 3.05) is 32.6 Å². The quantitative estimate of drug-likeness (QED) is 0.555. The summed E-state index contributed by atoms with van der Waals surface area (Å²) in [4.78, 5) is 11.1. The van der Waals surface area contributed by atoms with Crippen LogP contribution in [0.15, 0.2) is 17.4 Å². The number of rotatable bonds is 6. The lowest BCUT2D eigenvalue weighted by molar-refractivity contribution is -0.0516. The molecule has 0 N–H and O–H groups in total. The van der Waals surface area contributed by atoms with E-state index in [-0.39, 0.29) is 6.10 Å². The summed E-state index contributed by atoms with van der Waals surface area (Å²) in [7, 11) is 1.87. The monoisotopic (exact) mass is 423 g/mol. The lowest BCUT2D eigenvalue weighted by atomic mass is 10.2. The average molecular weight is 424 g/mol. The van der Waals surface area contributed by atoms with Crippen LogP contribution in [-0.4, -0.2) is 72.9 Å². The normalized spacial score (nSPS) is 18.1. The zero-order chi connectivity index (χ0) is 19.7. The molecule has 11 heteroatoms. The first-order chi connectivity index (χ1) is 13.5. The maximum atomic E-state index is 6.24. The predicted octanol–water partition coefficient (Wildman–Crippen LogP) is 1.82. The van der Waals surface area contributed by atoms with E-state index in [1.807, 2.05) is 32.5 Å². The van der Waals surface area contributed by atoms with Crippen LogP contribution in [0.1, 0.15) is 11.4 Å². The molecule has 1 atom stereocenters. The molecular weight excluding hydrogens is 402 g/mol. The van der Waals surface area contributed by atoms with Crippen molar-refractivity contribution >= 4 is 29.1 Å². The van der Waals surface area contributed by atoms with E-state index >= 15 is 0 Å². The fourth-order valence-corrected chi connectivity index (χ4v) is 3.73. The predicted molar refractivity (Wildman–Crippen MR) is 106 cm³/mol. The van der Waals surface area contributed by atoms with Crippen LogP contribution in [0.3, 0.4) is 0 Å². The van der Waals surface area contributed by atoms with Crippen molar-refractivity contribution in [3.63, 3.8) is 0 Å². The van der Waals surface area contributed by atoms with Crippen LogP contribution in [-0.2, 0) is 18.3 Å². The van der Waals surface area contributed by atoms with Gasteiger partial charge in [0.15, 0.2) is 0 Å². The van der Waals surface area contributed by atoms with E-state index in [4.69, 9.17) is 21.1 Å². The Bertz CT molecular complexity index is 976. The Balaban J connectivity index is 1.41. The second-order valence-corrected chi connectivity index (χ2v) is 7.86. The summed E-state index contributed by atoms with van der Waals surface area (Å²) in [5.41, 5.74) is 1.71. The van der Waals surface area contributed by atoms with E-state index < -0.39 is 0 Å². The Morgan fingerprint density at radius 1 is 1.36 bits per heavy atom. The summed E-state index contributed by atoms with van der Waals surface area (Å²) in [6, 6.07) is 1.86. The highest BCUT2D eigenvalue weighted by atomic mass is 35.5. The molecule has 1 aliphatic heterocycles. The van der Waals surface area contributed by atoms with Crippen molar-refractivity contribution in [1.82, 2.24) is 34.3 Å². The van der Waals surface area contributed by atoms with Crippen molar-refractivity contribution in [2.24, 2.45) is 7.05 Å². The van der Waals surface area contributed by atoms with Crippen molar-refractivity contribution in [3.05, 3.63) is 28.7 Å². The van der Waals surface area contributed by atoms with Gasteiger partial charge in [-0.2, -0.15) is 14.6 Å². The first kappa shape index (κ1) is 19.4. The number of fused-ring (bicyclic) bond motifs is 1. The Kier molecular flexibility index (Phi) is 5.72. The first-order valence-corrected chi connectivity index (χ1v) is 10.6. The van der Waals surface area contributed by atoms with Gasteiger partial charge in [-0.25, -0.2) is 4.98 Å². The molecule has 0 radical (unpaired) electrons. The molecule has 9 nitrogen and oxygen atoms in total. The van der Waals surface area contributed by atoms with Crippen LogP contribution in [0, 0.1) is 6.92 Å². The van der Waals surface area contributed by atoms with Crippen LogP contribution < -0.4 is 4.74 Å². The maximum Gasteiger partial charge on any atom is 0.256 e. The second-order valence-electron chi connectivity index (χ2n) is 6.68. The second kappa shape index (κ2) is 8.24. The summed E-state index contributed by atoms with van der Waals surface area (Å²) in [6.07, 6.45) is 3.69. The van der Waals surface area contributed by atoms with E-state index in [0.29, 0.717) is 41.6 Å². The third kappa shape index (κ3) is 4.24. The van der Waals surface area contributed by atoms with Gasteiger partial charge in [-0.05, 0) is 13.2 Å². The largest absolute Gasteiger partial charge is 0.475 e. The number of hydrogen-bond donors (Lipinski definition) is 0. The Labute approximate surface area is 172 Å². The van der Waals surface area contributed by atoms with E-state index in [1.165, 1.54) is 11.8 Å². The number of halogens is 1. The lowest BCUT2D eigenvalue weighted by Gasteiger charge is -2.32. The van der Waals surface area contributed by atoms with Crippen LogP contribution in [0.4, 0.5) is 0 Å². The van der Waals surface area contributed by atoms with Gasteiger partial charge < -0.3 is 9.47 Å². The lowest BCUT2D eigenvalue weighted by Crippen LogP contribution is -2.44. The van der Waals surface area contributed by atoms with E-state index in [0.717, 1.165) is 24.5 Å². The van der Waals surface area contributed by atoms with Gasteiger partial charge >= 0.3 is 0 Å². The third-order valence-electron chi connectivity index (χ3n) is 4.44. The van der Waals surface area contributed by atoms with Crippen LogP contribution in [0.5, 0.6) is 5.88 Å². The number of ether oxygens (including phenoxy) is 2. The van der Waals surface area contributed by atoms with E-state index in [1.54, 1.807) is 9.20 Å². The minimum absolute atomic E-state index is 0.0525. The van der Waals surface area contributed by atoms with Crippen LogP contribution in [0.2, 0.25) is 5.02 Å². The standard InChI is InChI=1S/C17H22ClN7O2S/c1-11-6-15(25-16(19-11)20-17(22-25)28-3)27-10-12-7-24(4-5-26-12)9-14-13(18)8-23(2)21-14/h6,8,12H,4-5,7,9-10H2,1-3H3. The highest BCUT2D eigenvalue weighted by Crippen LogP contribution is 2.20. The molecule has 1 saturated heterocycles. The number of morpholine rings is 1. The van der Waals surface area contributed by atoms with Gasteiger partial charge in [0.2, 0.25) is 11.0 Å². The first-order valence-electron chi connectivity index (χ1n) is 8.95. The zero-order valence-electron chi connectivity index (χ0n) is 16.0. The number of nitrogens with zero attached hydrogens (tertiary/aromatic N) is 7. The molecule has 4 heterocycles. The van der Waals surface area contributed by atoms with Gasteiger partial charge in [-0.1, -0.05) is 23.4 Å². The van der Waals surface area contributed by atoms with Gasteiger partial charge in [0.25, 0.3) is 5.78 Å². The molecule has 0 spiro atoms. The molecule has 3 aromatic rings. The SMILES string of the molecule is CSc1nc2nc(C)cc(OCC3CN(Cc4nn(C)cc4Cl)CCO3)n2n1. The smallest absolute Gasteiger partial charge is 0.256 e. The third-order valence-corrected chi connectivity index (χ3v) is 5.29. The number of hydrogen-bond acceptors (Lipinski definition) is 8. The van der Waals surface area contributed by atoms with Gasteiger partial charge in [0.05, 0.1) is 17.3 Å². The summed E-state index contributed by atoms with van der Waals surface area (Å²) >= 11 is 7.71. The fraction of sp³-hybridized carbons (Fsp3) is 0.529. The van der Waals surface area contributed by atoms with E-state index in [2.05, 4.69) is 25.1 Å². The Morgan fingerprint density at radius 2 is 2.21 bits per heavy atom. The summed E-state index contributed by atoms with van der Waals surface area (Å²) in [6.45, 7) is 5.24. The zero-order valence-corrected chi connectivity index (χ0v) is 17.6. The van der Waals surface area contributed by atoms with E-state index in [9.17, 15) is 0 Å². The molecule has 0 amide bonds. The number of thioether (sulfide) groups is 1. The minimum Gasteiger partial charge on any atom is -0.475 e. The molecule has 0 aliphatic carbocycles. The summed E-state index contributed by atoms with van der Waals surface area (Å²) in [5.74, 6) is 1.15. The molecule has 1 fully saturated rings. The number of aromatic nitrogens is 6. The van der Waals surface area contributed by atoms with Crippen LogP contribution in [0.25, 0.3) is 5.78 Å². The highest BCUT2D eigenvalue weighted by molar-refractivity contribution is 7.98. The fourth-order valence-electron chi connectivity index (χ4n) is 3.15. The average Bonchev–Trinajstić information content (AvgIpc) is 3.22. The van der Waals surface area contributed by atoms with Gasteiger partial charge in [0, 0.05) is 44.6 Å². The Morgan fingerprint density at radius 3 is 2.96 bits per heavy atom. The van der Waals surface area contributed by atoms with Crippen molar-refractivity contribution in [2.45, 2.75) is 24.7 Å². The molecule has 0 bridgehead atoms.